The average molecular weight is 444 g/mol. The summed E-state index contributed by atoms with van der Waals surface area (Å²) in [4.78, 5) is 11.4. The van der Waals surface area contributed by atoms with Gasteiger partial charge in [0.2, 0.25) is 0 Å². The molecule has 2 rings (SSSR count). The van der Waals surface area contributed by atoms with Crippen LogP contribution in [0.5, 0.6) is 0 Å². The van der Waals surface area contributed by atoms with Crippen LogP contribution in [0.1, 0.15) is 5.56 Å². The molecule has 14 heteroatoms. The summed E-state index contributed by atoms with van der Waals surface area (Å²) in [6, 6.07) is 1.00. The Kier molecular flexibility index (Phi) is 5.69. The predicted molar refractivity (Wildman–Crippen MR) is 83.4 cm³/mol. The Morgan fingerprint density at radius 1 is 1.08 bits per heavy atom. The number of benzene rings is 1. The maximum Gasteiger partial charge on any atom is 0.446 e. The molecule has 0 aliphatic heterocycles. The number of aromatic amines is 1. The zero-order chi connectivity index (χ0) is 19.2. The predicted octanol–water partition coefficient (Wildman–Crippen LogP) is 5.07. The van der Waals surface area contributed by atoms with Crippen molar-refractivity contribution in [1.82, 2.24) is 9.78 Å². The van der Waals surface area contributed by atoms with Gasteiger partial charge >= 0.3 is 11.7 Å². The Balaban J connectivity index is 2.66. The summed E-state index contributed by atoms with van der Waals surface area (Å²) in [6.45, 7) is 0. The van der Waals surface area contributed by atoms with E-state index in [0.29, 0.717) is 28.8 Å². The van der Waals surface area contributed by atoms with Crippen LogP contribution in [0.3, 0.4) is 0 Å². The minimum atomic E-state index is -4.78. The maximum atomic E-state index is 12.7. The van der Waals surface area contributed by atoms with E-state index in [1.165, 1.54) is 0 Å². The van der Waals surface area contributed by atoms with Crippen LogP contribution in [0.2, 0.25) is 10.0 Å². The van der Waals surface area contributed by atoms with Crippen molar-refractivity contribution in [2.24, 2.45) is 5.14 Å². The van der Waals surface area contributed by atoms with Crippen LogP contribution in [0.15, 0.2) is 26.8 Å². The number of nitrogens with two attached hydrogens (primary N) is 1. The molecule has 0 aliphatic rings. The van der Waals surface area contributed by atoms with Gasteiger partial charge < -0.3 is 0 Å². The van der Waals surface area contributed by atoms with Crippen LogP contribution in [-0.4, -0.2) is 15.3 Å². The lowest BCUT2D eigenvalue weighted by Gasteiger charge is -2.12. The number of rotatable bonds is 3. The lowest BCUT2D eigenvalue weighted by Crippen LogP contribution is -2.18. The van der Waals surface area contributed by atoms with Gasteiger partial charge in [0.25, 0.3) is 5.56 Å². The molecule has 1 aromatic heterocycles. The monoisotopic (exact) mass is 443 g/mol. The number of nitrogens with zero attached hydrogens (tertiary/aromatic N) is 1. The van der Waals surface area contributed by atoms with E-state index in [9.17, 15) is 31.1 Å². The second-order valence-corrected chi connectivity index (χ2v) is 6.90. The minimum Gasteiger partial charge on any atom is -0.282 e. The van der Waals surface area contributed by atoms with Gasteiger partial charge in [-0.15, -0.1) is 0 Å². The van der Waals surface area contributed by atoms with Crippen LogP contribution >= 0.6 is 46.9 Å². The summed E-state index contributed by atoms with van der Waals surface area (Å²) in [5.41, 5.74) is -7.59. The number of halogens is 8. The van der Waals surface area contributed by atoms with Crippen molar-refractivity contribution >= 4 is 46.9 Å². The Morgan fingerprint density at radius 2 is 1.60 bits per heavy atom. The highest BCUT2D eigenvalue weighted by Gasteiger charge is 2.35. The smallest absolute Gasteiger partial charge is 0.282 e. The molecule has 1 aromatic carbocycles. The highest BCUT2D eigenvalue weighted by atomic mass is 35.5. The highest BCUT2D eigenvalue weighted by Crippen LogP contribution is 2.40. The van der Waals surface area contributed by atoms with Crippen molar-refractivity contribution in [1.29, 1.82) is 0 Å². The highest BCUT2D eigenvalue weighted by molar-refractivity contribution is 8.02. The second kappa shape index (κ2) is 6.99. The lowest BCUT2D eigenvalue weighted by atomic mass is 10.2. The second-order valence-electron chi connectivity index (χ2n) is 4.36. The van der Waals surface area contributed by atoms with E-state index in [1.807, 2.05) is 0 Å². The van der Waals surface area contributed by atoms with Crippen LogP contribution in [0.25, 0.3) is 5.69 Å². The van der Waals surface area contributed by atoms with E-state index in [4.69, 9.17) is 28.3 Å². The number of thioether (sulfide) groups is 1. The molecule has 3 N–H and O–H groups in total. The SMILES string of the molecule is NSc1[nH]n(-c2c(Cl)cc(C(F)(F)F)cc2Cl)c(=O)c1SC(F)(F)F. The fourth-order valence-electron chi connectivity index (χ4n) is 1.79. The number of alkyl halides is 6. The summed E-state index contributed by atoms with van der Waals surface area (Å²) >= 11 is 11.1. The van der Waals surface area contributed by atoms with Crippen molar-refractivity contribution in [3.05, 3.63) is 38.1 Å². The van der Waals surface area contributed by atoms with Gasteiger partial charge in [0.05, 0.1) is 15.6 Å². The minimum absolute atomic E-state index is 0.322. The largest absolute Gasteiger partial charge is 0.446 e. The maximum absolute atomic E-state index is 12.7. The van der Waals surface area contributed by atoms with Gasteiger partial charge in [0.1, 0.15) is 15.6 Å². The third-order valence-corrected chi connectivity index (χ3v) is 4.77. The van der Waals surface area contributed by atoms with Crippen LogP contribution < -0.4 is 10.7 Å². The van der Waals surface area contributed by atoms with E-state index >= 15 is 0 Å². The molecule has 1 heterocycles. The molecule has 138 valence electrons. The topological polar surface area (TPSA) is 63.8 Å². The van der Waals surface area contributed by atoms with Gasteiger partial charge in [-0.25, -0.2) is 4.68 Å². The number of nitrogens with one attached hydrogen (secondary N) is 1. The summed E-state index contributed by atoms with van der Waals surface area (Å²) in [6.07, 6.45) is -4.75. The average Bonchev–Trinajstić information content (AvgIpc) is 2.73. The third-order valence-electron chi connectivity index (χ3n) is 2.72. The van der Waals surface area contributed by atoms with Gasteiger partial charge in [-0.3, -0.25) is 15.0 Å². The van der Waals surface area contributed by atoms with Crippen LogP contribution in [0.4, 0.5) is 26.3 Å². The zero-order valence-electron chi connectivity index (χ0n) is 11.4. The summed E-state index contributed by atoms with van der Waals surface area (Å²) < 4.78 is 76.4. The van der Waals surface area contributed by atoms with Gasteiger partial charge in [0.15, 0.2) is 0 Å². The molecule has 0 unspecified atom stereocenters. The first kappa shape index (κ1) is 20.4. The molecule has 0 saturated heterocycles. The fraction of sp³-hybridized carbons (Fsp3) is 0.182. The molecule has 0 amide bonds. The summed E-state index contributed by atoms with van der Waals surface area (Å²) in [5.74, 6) is 0. The van der Waals surface area contributed by atoms with Crippen LogP contribution in [-0.2, 0) is 6.18 Å². The lowest BCUT2D eigenvalue weighted by molar-refractivity contribution is -0.137. The summed E-state index contributed by atoms with van der Waals surface area (Å²) in [5, 5.41) is 5.96. The zero-order valence-corrected chi connectivity index (χ0v) is 14.6. The first-order valence-electron chi connectivity index (χ1n) is 5.89. The quantitative estimate of drug-likeness (QED) is 0.394. The Bertz CT molecular complexity index is 838. The normalized spacial score (nSPS) is 12.7. The molecular formula is C11H5Cl2F6N3OS2. The fourth-order valence-corrected chi connectivity index (χ4v) is 3.60. The number of hydrogen-bond acceptors (Lipinski definition) is 4. The summed E-state index contributed by atoms with van der Waals surface area (Å²) in [7, 11) is 0. The molecule has 0 spiro atoms. The van der Waals surface area contributed by atoms with Gasteiger partial charge in [0, 0.05) is 0 Å². The van der Waals surface area contributed by atoms with Crippen molar-refractivity contribution in [2.45, 2.75) is 21.6 Å². The number of hydrogen-bond donors (Lipinski definition) is 2. The van der Waals surface area contributed by atoms with Crippen molar-refractivity contribution in [3.8, 4) is 5.69 Å². The first-order chi connectivity index (χ1) is 11.3. The molecule has 4 nitrogen and oxygen atoms in total. The third kappa shape index (κ3) is 4.42. The molecule has 0 aliphatic carbocycles. The van der Waals surface area contributed by atoms with E-state index < -0.39 is 55.2 Å². The van der Waals surface area contributed by atoms with E-state index in [1.54, 1.807) is 0 Å². The van der Waals surface area contributed by atoms with Crippen LogP contribution in [0, 0.1) is 0 Å². The van der Waals surface area contributed by atoms with Gasteiger partial charge in [-0.1, -0.05) is 23.2 Å². The van der Waals surface area contributed by atoms with E-state index in [2.05, 4.69) is 5.10 Å². The molecule has 0 atom stereocenters. The molecule has 0 saturated carbocycles. The van der Waals surface area contributed by atoms with Crippen molar-refractivity contribution in [2.75, 3.05) is 0 Å². The Labute approximate surface area is 153 Å². The molecule has 0 fully saturated rings. The molecule has 0 radical (unpaired) electrons. The van der Waals surface area contributed by atoms with Gasteiger partial charge in [-0.2, -0.15) is 26.3 Å². The Morgan fingerprint density at radius 3 is 2.00 bits per heavy atom. The van der Waals surface area contributed by atoms with E-state index in [-0.39, 0.29) is 5.03 Å². The molecule has 25 heavy (non-hydrogen) atoms. The van der Waals surface area contributed by atoms with Gasteiger partial charge in [-0.05, 0) is 35.8 Å². The van der Waals surface area contributed by atoms with E-state index in [0.717, 1.165) is 0 Å². The molecule has 0 bridgehead atoms. The van der Waals surface area contributed by atoms with Crippen molar-refractivity contribution in [3.63, 3.8) is 0 Å². The first-order valence-corrected chi connectivity index (χ1v) is 8.34. The Hall–Kier alpha value is -0.950. The standard InChI is InChI=1S/C11H5Cl2F6N3OS2/c12-4-1-3(10(14,15)16)2-5(13)6(4)22-9(23)7(8(21-22)25-20)24-11(17,18)19/h1-2,21H,20H2. The van der Waals surface area contributed by atoms with Crippen molar-refractivity contribution < 1.29 is 26.3 Å². The number of H-pyrrole nitrogens is 1. The molecular weight excluding hydrogens is 439 g/mol. The molecule has 2 aromatic rings. The number of aromatic nitrogens is 2.